The van der Waals surface area contributed by atoms with E-state index >= 15 is 0 Å². The van der Waals surface area contributed by atoms with Crippen LogP contribution in [0.4, 0.5) is 4.79 Å². The van der Waals surface area contributed by atoms with Gasteiger partial charge in [0.15, 0.2) is 0 Å². The fourth-order valence-corrected chi connectivity index (χ4v) is 3.56. The molecule has 1 saturated heterocycles. The Kier molecular flexibility index (Phi) is 6.54. The summed E-state index contributed by atoms with van der Waals surface area (Å²) in [5, 5.41) is 13.3. The maximum Gasteiger partial charge on any atom is 0.325 e. The smallest absolute Gasteiger partial charge is 0.325 e. The molecule has 3 rings (SSSR count). The highest BCUT2D eigenvalue weighted by molar-refractivity contribution is 6.07. The number of β-amino-alcohol motifs (C(OH)–C–C–N with tert-alkyl or cyclic N) is 1. The Morgan fingerprint density at radius 1 is 1.10 bits per heavy atom. The highest BCUT2D eigenvalue weighted by Crippen LogP contribution is 2.34. The van der Waals surface area contributed by atoms with Crippen LogP contribution in [0.5, 0.6) is 5.75 Å². The maximum absolute atomic E-state index is 13.3. The van der Waals surface area contributed by atoms with Crippen molar-refractivity contribution in [1.29, 1.82) is 0 Å². The Hall–Kier alpha value is -2.86. The molecule has 0 radical (unpaired) electrons. The predicted octanol–water partition coefficient (Wildman–Crippen LogP) is 3.37. The average molecular weight is 396 g/mol. The van der Waals surface area contributed by atoms with Gasteiger partial charge in [0, 0.05) is 0 Å². The molecular formula is C23H28N2O4. The van der Waals surface area contributed by atoms with Gasteiger partial charge in [0.05, 0.1) is 6.54 Å². The number of ether oxygens (including phenoxy) is 1. The zero-order valence-corrected chi connectivity index (χ0v) is 16.9. The number of amides is 3. The summed E-state index contributed by atoms with van der Waals surface area (Å²) in [5.74, 6) is 0.310. The lowest BCUT2D eigenvalue weighted by Gasteiger charge is -2.27. The number of carbonyl (C=O) groups is 2. The molecule has 3 amide bonds. The fraction of sp³-hybridized carbons (Fsp3) is 0.391. The number of nitrogens with zero attached hydrogens (tertiary/aromatic N) is 1. The molecule has 6 nitrogen and oxygen atoms in total. The molecule has 2 unspecified atom stereocenters. The van der Waals surface area contributed by atoms with Gasteiger partial charge in [-0.3, -0.25) is 9.69 Å². The van der Waals surface area contributed by atoms with Crippen molar-refractivity contribution in [2.75, 3.05) is 13.2 Å². The molecule has 0 saturated carbocycles. The molecule has 29 heavy (non-hydrogen) atoms. The van der Waals surface area contributed by atoms with Gasteiger partial charge < -0.3 is 15.2 Å². The third-order valence-electron chi connectivity index (χ3n) is 5.20. The predicted molar refractivity (Wildman–Crippen MR) is 111 cm³/mol. The second-order valence-corrected chi connectivity index (χ2v) is 7.50. The summed E-state index contributed by atoms with van der Waals surface area (Å²) in [4.78, 5) is 27.0. The first-order valence-electron chi connectivity index (χ1n) is 10.0. The van der Waals surface area contributed by atoms with Gasteiger partial charge >= 0.3 is 6.03 Å². The van der Waals surface area contributed by atoms with Gasteiger partial charge in [0.1, 0.15) is 24.0 Å². The second-order valence-electron chi connectivity index (χ2n) is 7.50. The van der Waals surface area contributed by atoms with Crippen LogP contribution in [0, 0.1) is 6.92 Å². The highest BCUT2D eigenvalue weighted by atomic mass is 16.5. The van der Waals surface area contributed by atoms with Gasteiger partial charge in [-0.2, -0.15) is 0 Å². The van der Waals surface area contributed by atoms with Crippen LogP contribution in [0.25, 0.3) is 0 Å². The minimum Gasteiger partial charge on any atom is -0.491 e. The third-order valence-corrected chi connectivity index (χ3v) is 5.20. The van der Waals surface area contributed by atoms with E-state index in [1.165, 1.54) is 0 Å². The lowest BCUT2D eigenvalue weighted by molar-refractivity contribution is -0.133. The summed E-state index contributed by atoms with van der Waals surface area (Å²) < 4.78 is 5.59. The summed E-state index contributed by atoms with van der Waals surface area (Å²) in [6.45, 7) is 3.91. The number of nitrogens with one attached hydrogen (secondary N) is 1. The first kappa shape index (κ1) is 20.9. The van der Waals surface area contributed by atoms with Crippen LogP contribution < -0.4 is 10.1 Å². The molecule has 6 heteroatoms. The largest absolute Gasteiger partial charge is 0.491 e. The van der Waals surface area contributed by atoms with Crippen LogP contribution >= 0.6 is 0 Å². The molecular weight excluding hydrogens is 368 g/mol. The topological polar surface area (TPSA) is 78.9 Å². The van der Waals surface area contributed by atoms with Crippen molar-refractivity contribution in [1.82, 2.24) is 10.2 Å². The van der Waals surface area contributed by atoms with E-state index in [0.29, 0.717) is 12.2 Å². The normalized spacial score (nSPS) is 19.9. The Morgan fingerprint density at radius 3 is 2.45 bits per heavy atom. The maximum atomic E-state index is 13.3. The van der Waals surface area contributed by atoms with Crippen LogP contribution in [0.15, 0.2) is 54.6 Å². The van der Waals surface area contributed by atoms with Crippen molar-refractivity contribution in [2.45, 2.75) is 44.8 Å². The number of unbranched alkanes of at least 4 members (excludes halogenated alkanes) is 1. The molecule has 1 aliphatic rings. The van der Waals surface area contributed by atoms with Gasteiger partial charge in [-0.05, 0) is 31.0 Å². The SMILES string of the molecule is CCCCC1(c2ccccc2)NC(=O)N(CC(O)COc2ccc(C)cc2)C1=O. The molecule has 154 valence electrons. The molecule has 0 aromatic heterocycles. The quantitative estimate of drug-likeness (QED) is 0.637. The number of aliphatic hydroxyl groups excluding tert-OH is 1. The molecule has 1 heterocycles. The molecule has 0 spiro atoms. The van der Waals surface area contributed by atoms with E-state index in [2.05, 4.69) is 5.32 Å². The zero-order chi connectivity index (χ0) is 20.9. The zero-order valence-electron chi connectivity index (χ0n) is 16.9. The average Bonchev–Trinajstić information content (AvgIpc) is 2.97. The Labute approximate surface area is 171 Å². The van der Waals surface area contributed by atoms with E-state index in [-0.39, 0.29) is 19.1 Å². The number of hydrogen-bond acceptors (Lipinski definition) is 4. The Balaban J connectivity index is 1.70. The second kappa shape index (κ2) is 9.09. The molecule has 2 aromatic rings. The van der Waals surface area contributed by atoms with Crippen LogP contribution in [-0.2, 0) is 10.3 Å². The number of benzene rings is 2. The summed E-state index contributed by atoms with van der Waals surface area (Å²) in [5.41, 5.74) is 0.799. The molecule has 1 fully saturated rings. The summed E-state index contributed by atoms with van der Waals surface area (Å²) in [7, 11) is 0. The lowest BCUT2D eigenvalue weighted by Crippen LogP contribution is -2.45. The van der Waals surface area contributed by atoms with E-state index in [1.807, 2.05) is 68.4 Å². The van der Waals surface area contributed by atoms with Gasteiger partial charge in [-0.1, -0.05) is 67.8 Å². The van der Waals surface area contributed by atoms with Crippen molar-refractivity contribution in [2.24, 2.45) is 0 Å². The molecule has 2 atom stereocenters. The summed E-state index contributed by atoms with van der Waals surface area (Å²) >= 11 is 0. The molecule has 2 aromatic carbocycles. The van der Waals surface area contributed by atoms with Crippen molar-refractivity contribution < 1.29 is 19.4 Å². The van der Waals surface area contributed by atoms with E-state index in [4.69, 9.17) is 4.74 Å². The number of aryl methyl sites for hydroxylation is 1. The van der Waals surface area contributed by atoms with E-state index in [0.717, 1.165) is 28.9 Å². The van der Waals surface area contributed by atoms with Crippen molar-refractivity contribution in [3.8, 4) is 5.75 Å². The summed E-state index contributed by atoms with van der Waals surface area (Å²) in [6, 6.07) is 16.3. The third kappa shape index (κ3) is 4.59. The van der Waals surface area contributed by atoms with Crippen LogP contribution in [0.1, 0.15) is 37.3 Å². The molecule has 2 N–H and O–H groups in total. The van der Waals surface area contributed by atoms with Gasteiger partial charge in [0.25, 0.3) is 5.91 Å². The van der Waals surface area contributed by atoms with Crippen LogP contribution in [0.2, 0.25) is 0 Å². The van der Waals surface area contributed by atoms with Gasteiger partial charge in [0.2, 0.25) is 0 Å². The monoisotopic (exact) mass is 396 g/mol. The number of hydrogen-bond donors (Lipinski definition) is 2. The highest BCUT2D eigenvalue weighted by Gasteiger charge is 2.52. The summed E-state index contributed by atoms with van der Waals surface area (Å²) in [6.07, 6.45) is 1.24. The van der Waals surface area contributed by atoms with Crippen molar-refractivity contribution in [3.63, 3.8) is 0 Å². The number of urea groups is 1. The van der Waals surface area contributed by atoms with Crippen LogP contribution in [-0.4, -0.2) is 41.2 Å². The van der Waals surface area contributed by atoms with E-state index < -0.39 is 17.7 Å². The van der Waals surface area contributed by atoms with Crippen molar-refractivity contribution in [3.05, 3.63) is 65.7 Å². The molecule has 1 aliphatic heterocycles. The minimum atomic E-state index is -1.08. The standard InChI is InChI=1S/C23H28N2O4/c1-3-4-14-23(18-8-6-5-7-9-18)21(27)25(22(28)24-23)15-19(26)16-29-20-12-10-17(2)11-13-20/h5-13,19,26H,3-4,14-16H2,1-2H3,(H,24,28). The number of carbonyl (C=O) groups excluding carboxylic acids is 2. The molecule has 0 aliphatic carbocycles. The fourth-order valence-electron chi connectivity index (χ4n) is 3.56. The van der Waals surface area contributed by atoms with E-state index in [1.54, 1.807) is 0 Å². The number of aliphatic hydroxyl groups is 1. The van der Waals surface area contributed by atoms with Gasteiger partial charge in [-0.25, -0.2) is 4.79 Å². The first-order chi connectivity index (χ1) is 14.0. The van der Waals surface area contributed by atoms with Gasteiger partial charge in [-0.15, -0.1) is 0 Å². The van der Waals surface area contributed by atoms with E-state index in [9.17, 15) is 14.7 Å². The minimum absolute atomic E-state index is 0.00653. The number of rotatable bonds is 9. The molecule has 0 bridgehead atoms. The lowest BCUT2D eigenvalue weighted by atomic mass is 9.85. The first-order valence-corrected chi connectivity index (χ1v) is 10.0. The Morgan fingerprint density at radius 2 is 1.79 bits per heavy atom. The Bertz CT molecular complexity index is 838. The van der Waals surface area contributed by atoms with Crippen LogP contribution in [0.3, 0.4) is 0 Å². The van der Waals surface area contributed by atoms with Crippen molar-refractivity contribution >= 4 is 11.9 Å². The number of imide groups is 1.